The normalized spacial score (nSPS) is 13.3. The van der Waals surface area contributed by atoms with E-state index in [1.807, 2.05) is 12.1 Å². The molecular weight excluding hydrogens is 380 g/mol. The van der Waals surface area contributed by atoms with Crippen molar-refractivity contribution in [3.63, 3.8) is 0 Å². The van der Waals surface area contributed by atoms with Crippen LogP contribution in [0.15, 0.2) is 36.5 Å². The molecule has 0 atom stereocenters. The summed E-state index contributed by atoms with van der Waals surface area (Å²) in [6, 6.07) is 8.98. The van der Waals surface area contributed by atoms with Crippen molar-refractivity contribution in [2.24, 2.45) is 0 Å². The van der Waals surface area contributed by atoms with E-state index in [0.29, 0.717) is 47.0 Å². The van der Waals surface area contributed by atoms with Crippen LogP contribution in [0.4, 0.5) is 0 Å². The van der Waals surface area contributed by atoms with E-state index >= 15 is 0 Å². The van der Waals surface area contributed by atoms with Crippen molar-refractivity contribution < 1.29 is 19.1 Å². The van der Waals surface area contributed by atoms with Gasteiger partial charge in [0.15, 0.2) is 11.5 Å². The monoisotopic (exact) mass is 398 g/mol. The molecule has 0 radical (unpaired) electrons. The number of ketones is 1. The van der Waals surface area contributed by atoms with Crippen LogP contribution in [0.2, 0.25) is 5.02 Å². The number of aromatic nitrogens is 1. The quantitative estimate of drug-likeness (QED) is 0.538. The fraction of sp³-hybridized carbons (Fsp3) is 0.238. The molecule has 1 aliphatic rings. The Kier molecular flexibility index (Phi) is 4.73. The lowest BCUT2D eigenvalue weighted by atomic mass is 9.98. The van der Waals surface area contributed by atoms with Crippen LogP contribution in [0, 0.1) is 0 Å². The zero-order valence-corrected chi connectivity index (χ0v) is 16.3. The van der Waals surface area contributed by atoms with E-state index in [4.69, 9.17) is 21.1 Å². The van der Waals surface area contributed by atoms with E-state index in [-0.39, 0.29) is 0 Å². The smallest absolute Gasteiger partial charge is 0.295 e. The highest BCUT2D eigenvalue weighted by Crippen LogP contribution is 2.33. The van der Waals surface area contributed by atoms with Crippen molar-refractivity contribution in [1.82, 2.24) is 9.88 Å². The minimum atomic E-state index is -0.530. The number of Topliss-reactive ketones (excluding diaryl/α,β-unsaturated/α-hetero) is 1. The minimum absolute atomic E-state index is 0.356. The molecule has 0 fully saturated rings. The SMILES string of the molecule is COc1cc2c(cc1OC)CN(C(=O)C(=O)c1c[nH]c3cc(Cl)ccc13)CC2. The molecule has 6 nitrogen and oxygen atoms in total. The van der Waals surface area contributed by atoms with Gasteiger partial charge in [-0.25, -0.2) is 0 Å². The van der Waals surface area contributed by atoms with Gasteiger partial charge in [-0.2, -0.15) is 0 Å². The average Bonchev–Trinajstić information content (AvgIpc) is 3.14. The van der Waals surface area contributed by atoms with Crippen LogP contribution in [0.5, 0.6) is 11.5 Å². The average molecular weight is 399 g/mol. The van der Waals surface area contributed by atoms with Crippen molar-refractivity contribution in [2.45, 2.75) is 13.0 Å². The van der Waals surface area contributed by atoms with Crippen molar-refractivity contribution in [3.8, 4) is 11.5 Å². The maximum Gasteiger partial charge on any atom is 0.295 e. The lowest BCUT2D eigenvalue weighted by Crippen LogP contribution is -2.40. The second-order valence-corrected chi connectivity index (χ2v) is 7.11. The van der Waals surface area contributed by atoms with Crippen molar-refractivity contribution in [3.05, 3.63) is 58.2 Å². The number of nitrogens with zero attached hydrogens (tertiary/aromatic N) is 1. The molecule has 7 heteroatoms. The second-order valence-electron chi connectivity index (χ2n) is 6.67. The molecule has 144 valence electrons. The van der Waals surface area contributed by atoms with Crippen molar-refractivity contribution in [1.29, 1.82) is 0 Å². The van der Waals surface area contributed by atoms with Gasteiger partial charge in [-0.15, -0.1) is 0 Å². The molecule has 1 amide bonds. The molecule has 3 aromatic rings. The third-order valence-corrected chi connectivity index (χ3v) is 5.32. The van der Waals surface area contributed by atoms with E-state index in [2.05, 4.69) is 4.98 Å². The van der Waals surface area contributed by atoms with Gasteiger partial charge in [-0.1, -0.05) is 17.7 Å². The molecule has 4 rings (SSSR count). The number of amides is 1. The Hall–Kier alpha value is -2.99. The zero-order valence-electron chi connectivity index (χ0n) is 15.5. The number of nitrogens with one attached hydrogen (secondary N) is 1. The molecule has 0 aliphatic carbocycles. The number of hydrogen-bond donors (Lipinski definition) is 1. The maximum absolute atomic E-state index is 12.9. The first-order valence-corrected chi connectivity index (χ1v) is 9.23. The Labute approximate surface area is 167 Å². The van der Waals surface area contributed by atoms with Crippen molar-refractivity contribution >= 4 is 34.2 Å². The number of carbonyl (C=O) groups is 2. The Morgan fingerprint density at radius 3 is 2.50 bits per heavy atom. The predicted octanol–water partition coefficient (Wildman–Crippen LogP) is 3.61. The standard InChI is InChI=1S/C21H19ClN2O4/c1-27-18-7-12-5-6-24(11-13(12)8-19(18)28-2)21(26)20(25)16-10-23-17-9-14(22)3-4-15(16)17/h3-4,7-10,23H,5-6,11H2,1-2H3. The maximum atomic E-state index is 12.9. The van der Waals surface area contributed by atoms with Gasteiger partial charge in [0.05, 0.1) is 19.8 Å². The fourth-order valence-corrected chi connectivity index (χ4v) is 3.77. The first-order chi connectivity index (χ1) is 13.5. The lowest BCUT2D eigenvalue weighted by Gasteiger charge is -2.29. The highest BCUT2D eigenvalue weighted by Gasteiger charge is 2.29. The zero-order chi connectivity index (χ0) is 19.8. The Bertz CT molecular complexity index is 1090. The molecule has 0 saturated heterocycles. The van der Waals surface area contributed by atoms with E-state index in [1.54, 1.807) is 43.5 Å². The number of ether oxygens (including phenoxy) is 2. The van der Waals surface area contributed by atoms with Gasteiger partial charge in [-0.3, -0.25) is 9.59 Å². The van der Waals surface area contributed by atoms with Gasteiger partial charge in [0.1, 0.15) is 0 Å². The first-order valence-electron chi connectivity index (χ1n) is 8.86. The lowest BCUT2D eigenvalue weighted by molar-refractivity contribution is -0.127. The number of aromatic amines is 1. The minimum Gasteiger partial charge on any atom is -0.493 e. The molecule has 0 bridgehead atoms. The van der Waals surface area contributed by atoms with Gasteiger partial charge in [0, 0.05) is 35.2 Å². The highest BCUT2D eigenvalue weighted by molar-refractivity contribution is 6.45. The van der Waals surface area contributed by atoms with Gasteiger partial charge >= 0.3 is 0 Å². The van der Waals surface area contributed by atoms with Crippen LogP contribution in [0.1, 0.15) is 21.5 Å². The molecule has 2 aromatic carbocycles. The van der Waals surface area contributed by atoms with Crippen molar-refractivity contribution in [2.75, 3.05) is 20.8 Å². The number of methoxy groups -OCH3 is 2. The van der Waals surface area contributed by atoms with Crippen LogP contribution in [0.3, 0.4) is 0 Å². The van der Waals surface area contributed by atoms with E-state index in [9.17, 15) is 9.59 Å². The Morgan fingerprint density at radius 2 is 1.79 bits per heavy atom. The van der Waals surface area contributed by atoms with Gasteiger partial charge in [0.2, 0.25) is 0 Å². The Balaban J connectivity index is 1.60. The van der Waals surface area contributed by atoms with Crippen LogP contribution in [0.25, 0.3) is 10.9 Å². The van der Waals surface area contributed by atoms with E-state index in [0.717, 1.165) is 16.6 Å². The summed E-state index contributed by atoms with van der Waals surface area (Å²) in [6.45, 7) is 0.829. The summed E-state index contributed by atoms with van der Waals surface area (Å²) in [6.07, 6.45) is 2.21. The summed E-state index contributed by atoms with van der Waals surface area (Å²) in [5.41, 5.74) is 3.13. The van der Waals surface area contributed by atoms with Gasteiger partial charge < -0.3 is 19.4 Å². The molecular formula is C21H19ClN2O4. The van der Waals surface area contributed by atoms with Crippen LogP contribution >= 0.6 is 11.6 Å². The molecule has 0 unspecified atom stereocenters. The first kappa shape index (κ1) is 18.4. The number of carbonyl (C=O) groups excluding carboxylic acids is 2. The van der Waals surface area contributed by atoms with Gasteiger partial charge in [-0.05, 0) is 41.8 Å². The van der Waals surface area contributed by atoms with Gasteiger partial charge in [0.25, 0.3) is 11.7 Å². The summed E-state index contributed by atoms with van der Waals surface area (Å²) in [7, 11) is 3.17. The summed E-state index contributed by atoms with van der Waals surface area (Å²) >= 11 is 5.99. The largest absolute Gasteiger partial charge is 0.493 e. The topological polar surface area (TPSA) is 71.6 Å². The molecule has 1 N–H and O–H groups in total. The highest BCUT2D eigenvalue weighted by atomic mass is 35.5. The number of halogens is 1. The van der Waals surface area contributed by atoms with Crippen LogP contribution in [-0.4, -0.2) is 42.3 Å². The summed E-state index contributed by atoms with van der Waals surface area (Å²) < 4.78 is 10.7. The molecule has 0 spiro atoms. The number of benzene rings is 2. The third-order valence-electron chi connectivity index (χ3n) is 5.09. The molecule has 0 saturated carbocycles. The molecule has 2 heterocycles. The summed E-state index contributed by atoms with van der Waals surface area (Å²) in [5.74, 6) is 0.221. The number of fused-ring (bicyclic) bond motifs is 2. The second kappa shape index (κ2) is 7.20. The number of hydrogen-bond acceptors (Lipinski definition) is 4. The van der Waals surface area contributed by atoms with Crippen LogP contribution < -0.4 is 9.47 Å². The third kappa shape index (κ3) is 3.10. The fourth-order valence-electron chi connectivity index (χ4n) is 3.60. The van der Waals surface area contributed by atoms with E-state index < -0.39 is 11.7 Å². The summed E-state index contributed by atoms with van der Waals surface area (Å²) in [5, 5.41) is 1.25. The molecule has 1 aromatic heterocycles. The number of rotatable bonds is 4. The summed E-state index contributed by atoms with van der Waals surface area (Å²) in [4.78, 5) is 30.3. The Morgan fingerprint density at radius 1 is 1.07 bits per heavy atom. The number of H-pyrrole nitrogens is 1. The predicted molar refractivity (Wildman–Crippen MR) is 106 cm³/mol. The molecule has 28 heavy (non-hydrogen) atoms. The van der Waals surface area contributed by atoms with E-state index in [1.165, 1.54) is 0 Å². The van der Waals surface area contributed by atoms with Crippen LogP contribution in [-0.2, 0) is 17.8 Å². The molecule has 1 aliphatic heterocycles.